The number of nitrogens with one attached hydrogen (secondary N) is 1. The molecule has 0 atom stereocenters. The fourth-order valence-electron chi connectivity index (χ4n) is 1.77. The van der Waals surface area contributed by atoms with E-state index in [1.54, 1.807) is 33.8 Å². The molecule has 1 heterocycles. The van der Waals surface area contributed by atoms with E-state index in [0.717, 1.165) is 10.9 Å². The SMILES string of the molecule is Cc1ccc2oc(C(=O)NC(C)(C)C(C)(C)O)cc2c1. The lowest BCUT2D eigenvalue weighted by Gasteiger charge is -2.37. The van der Waals surface area contributed by atoms with E-state index in [2.05, 4.69) is 5.32 Å². The summed E-state index contributed by atoms with van der Waals surface area (Å²) >= 11 is 0. The van der Waals surface area contributed by atoms with Gasteiger partial charge in [-0.05, 0) is 52.8 Å². The third kappa shape index (κ3) is 2.70. The Morgan fingerprint density at radius 1 is 1.20 bits per heavy atom. The number of hydrogen-bond acceptors (Lipinski definition) is 3. The number of amides is 1. The van der Waals surface area contributed by atoms with Gasteiger partial charge in [-0.3, -0.25) is 4.79 Å². The molecule has 0 spiro atoms. The van der Waals surface area contributed by atoms with Crippen LogP contribution >= 0.6 is 0 Å². The van der Waals surface area contributed by atoms with Crippen molar-refractivity contribution in [1.82, 2.24) is 5.32 Å². The zero-order chi connectivity index (χ0) is 15.1. The summed E-state index contributed by atoms with van der Waals surface area (Å²) in [6, 6.07) is 7.48. The number of aryl methyl sites for hydroxylation is 1. The van der Waals surface area contributed by atoms with Crippen LogP contribution in [0, 0.1) is 6.92 Å². The average molecular weight is 275 g/mol. The predicted octanol–water partition coefficient (Wildman–Crippen LogP) is 3.02. The van der Waals surface area contributed by atoms with Crippen LogP contribution in [0.5, 0.6) is 0 Å². The van der Waals surface area contributed by atoms with Crippen molar-refractivity contribution in [1.29, 1.82) is 0 Å². The van der Waals surface area contributed by atoms with Crippen molar-refractivity contribution in [2.75, 3.05) is 0 Å². The lowest BCUT2D eigenvalue weighted by atomic mass is 9.86. The highest BCUT2D eigenvalue weighted by Gasteiger charge is 2.37. The van der Waals surface area contributed by atoms with Crippen LogP contribution < -0.4 is 5.32 Å². The molecule has 1 aromatic carbocycles. The summed E-state index contributed by atoms with van der Waals surface area (Å²) in [7, 11) is 0. The van der Waals surface area contributed by atoms with Gasteiger partial charge in [0.05, 0.1) is 11.1 Å². The first-order valence-corrected chi connectivity index (χ1v) is 6.65. The molecule has 0 saturated heterocycles. The highest BCUT2D eigenvalue weighted by Crippen LogP contribution is 2.24. The molecular formula is C16H21NO3. The van der Waals surface area contributed by atoms with Gasteiger partial charge in [0.1, 0.15) is 5.58 Å². The van der Waals surface area contributed by atoms with Gasteiger partial charge in [-0.15, -0.1) is 0 Å². The molecule has 0 bridgehead atoms. The van der Waals surface area contributed by atoms with E-state index in [1.807, 2.05) is 25.1 Å². The number of furan rings is 1. The zero-order valence-electron chi connectivity index (χ0n) is 12.6. The highest BCUT2D eigenvalue weighted by atomic mass is 16.3. The number of carbonyl (C=O) groups is 1. The van der Waals surface area contributed by atoms with E-state index in [0.29, 0.717) is 5.58 Å². The fourth-order valence-corrected chi connectivity index (χ4v) is 1.77. The second kappa shape index (κ2) is 4.63. The van der Waals surface area contributed by atoms with E-state index in [9.17, 15) is 9.90 Å². The molecule has 1 amide bonds. The first kappa shape index (κ1) is 14.6. The molecule has 2 rings (SSSR count). The van der Waals surface area contributed by atoms with Crippen LogP contribution in [0.3, 0.4) is 0 Å². The van der Waals surface area contributed by atoms with Crippen molar-refractivity contribution in [2.24, 2.45) is 0 Å². The Morgan fingerprint density at radius 3 is 2.45 bits per heavy atom. The maximum absolute atomic E-state index is 12.2. The van der Waals surface area contributed by atoms with Crippen molar-refractivity contribution in [3.8, 4) is 0 Å². The number of aliphatic hydroxyl groups is 1. The maximum atomic E-state index is 12.2. The van der Waals surface area contributed by atoms with Gasteiger partial charge in [0.2, 0.25) is 0 Å². The third-order valence-electron chi connectivity index (χ3n) is 3.85. The molecule has 0 aliphatic rings. The van der Waals surface area contributed by atoms with Crippen LogP contribution in [0.4, 0.5) is 0 Å². The van der Waals surface area contributed by atoms with Crippen molar-refractivity contribution in [2.45, 2.75) is 45.8 Å². The first-order chi connectivity index (χ1) is 9.10. The quantitative estimate of drug-likeness (QED) is 0.905. The largest absolute Gasteiger partial charge is 0.451 e. The van der Waals surface area contributed by atoms with E-state index < -0.39 is 11.1 Å². The summed E-state index contributed by atoms with van der Waals surface area (Å²) in [6.45, 7) is 8.86. The second-order valence-corrected chi connectivity index (χ2v) is 6.29. The highest BCUT2D eigenvalue weighted by molar-refractivity contribution is 5.96. The van der Waals surface area contributed by atoms with Gasteiger partial charge in [0.15, 0.2) is 5.76 Å². The first-order valence-electron chi connectivity index (χ1n) is 6.65. The number of carbonyl (C=O) groups excluding carboxylic acids is 1. The van der Waals surface area contributed by atoms with E-state index >= 15 is 0 Å². The maximum Gasteiger partial charge on any atom is 0.287 e. The van der Waals surface area contributed by atoms with E-state index in [1.165, 1.54) is 0 Å². The summed E-state index contributed by atoms with van der Waals surface area (Å²) in [5, 5.41) is 13.8. The van der Waals surface area contributed by atoms with Crippen molar-refractivity contribution in [3.63, 3.8) is 0 Å². The lowest BCUT2D eigenvalue weighted by molar-refractivity contribution is -0.00337. The van der Waals surface area contributed by atoms with Crippen LogP contribution in [0.25, 0.3) is 11.0 Å². The van der Waals surface area contributed by atoms with Crippen LogP contribution in [-0.4, -0.2) is 22.2 Å². The molecule has 20 heavy (non-hydrogen) atoms. The number of fused-ring (bicyclic) bond motifs is 1. The number of rotatable bonds is 3. The topological polar surface area (TPSA) is 62.5 Å². The minimum absolute atomic E-state index is 0.253. The van der Waals surface area contributed by atoms with Gasteiger partial charge in [0.25, 0.3) is 5.91 Å². The standard InChI is InChI=1S/C16H21NO3/c1-10-6-7-12-11(8-10)9-13(20-12)14(18)17-15(2,3)16(4,5)19/h6-9,19H,1-5H3,(H,17,18). The summed E-state index contributed by atoms with van der Waals surface area (Å²) in [4.78, 5) is 12.2. The molecule has 0 radical (unpaired) electrons. The molecule has 0 unspecified atom stereocenters. The number of hydrogen-bond donors (Lipinski definition) is 2. The number of benzene rings is 1. The van der Waals surface area contributed by atoms with Crippen LogP contribution in [0.2, 0.25) is 0 Å². The average Bonchev–Trinajstić information content (AvgIpc) is 2.69. The normalized spacial score (nSPS) is 12.7. The van der Waals surface area contributed by atoms with E-state index in [4.69, 9.17) is 4.42 Å². The van der Waals surface area contributed by atoms with Crippen LogP contribution in [-0.2, 0) is 0 Å². The Labute approximate surface area is 118 Å². The van der Waals surface area contributed by atoms with Gasteiger partial charge in [-0.1, -0.05) is 11.6 Å². The smallest absolute Gasteiger partial charge is 0.287 e. The Morgan fingerprint density at radius 2 is 1.85 bits per heavy atom. The minimum Gasteiger partial charge on any atom is -0.451 e. The Balaban J connectivity index is 2.28. The van der Waals surface area contributed by atoms with Gasteiger partial charge in [0, 0.05) is 5.39 Å². The van der Waals surface area contributed by atoms with E-state index in [-0.39, 0.29) is 11.7 Å². The third-order valence-corrected chi connectivity index (χ3v) is 3.85. The second-order valence-electron chi connectivity index (χ2n) is 6.29. The van der Waals surface area contributed by atoms with Crippen LogP contribution in [0.1, 0.15) is 43.8 Å². The zero-order valence-corrected chi connectivity index (χ0v) is 12.6. The summed E-state index contributed by atoms with van der Waals surface area (Å²) in [6.07, 6.45) is 0. The summed E-state index contributed by atoms with van der Waals surface area (Å²) in [5.41, 5.74) is -0.00608. The Hall–Kier alpha value is -1.81. The van der Waals surface area contributed by atoms with Gasteiger partial charge in [-0.2, -0.15) is 0 Å². The monoisotopic (exact) mass is 275 g/mol. The molecule has 1 aromatic heterocycles. The van der Waals surface area contributed by atoms with Crippen molar-refractivity contribution >= 4 is 16.9 Å². The van der Waals surface area contributed by atoms with Gasteiger partial charge in [-0.25, -0.2) is 0 Å². The molecule has 4 nitrogen and oxygen atoms in total. The molecule has 108 valence electrons. The Kier molecular flexibility index (Phi) is 3.38. The summed E-state index contributed by atoms with van der Waals surface area (Å²) < 4.78 is 5.55. The molecule has 0 saturated carbocycles. The van der Waals surface area contributed by atoms with Crippen molar-refractivity contribution < 1.29 is 14.3 Å². The van der Waals surface area contributed by atoms with Gasteiger partial charge < -0.3 is 14.8 Å². The predicted molar refractivity (Wildman–Crippen MR) is 78.8 cm³/mol. The summed E-state index contributed by atoms with van der Waals surface area (Å²) in [5.74, 6) is -0.0751. The molecule has 0 fully saturated rings. The van der Waals surface area contributed by atoms with Crippen molar-refractivity contribution in [3.05, 3.63) is 35.6 Å². The van der Waals surface area contributed by atoms with Crippen LogP contribution in [0.15, 0.2) is 28.7 Å². The molecule has 2 N–H and O–H groups in total. The molecular weight excluding hydrogens is 254 g/mol. The van der Waals surface area contributed by atoms with Gasteiger partial charge >= 0.3 is 0 Å². The fraction of sp³-hybridized carbons (Fsp3) is 0.438. The lowest BCUT2D eigenvalue weighted by Crippen LogP contribution is -2.57. The molecule has 4 heteroatoms. The minimum atomic E-state index is -1.04. The Bertz CT molecular complexity index is 647. The molecule has 0 aliphatic carbocycles. The molecule has 2 aromatic rings. The molecule has 0 aliphatic heterocycles.